The molecule has 0 radical (unpaired) electrons. The second-order valence-electron chi connectivity index (χ2n) is 13.0. The molecule has 10 aromatic rings. The Kier molecular flexibility index (Phi) is 7.98. The van der Waals surface area contributed by atoms with Crippen LogP contribution in [0, 0.1) is 0 Å². The van der Waals surface area contributed by atoms with Crippen molar-refractivity contribution in [3.8, 4) is 44.8 Å². The second-order valence-corrected chi connectivity index (χ2v) is 13.0. The molecule has 0 atom stereocenters. The van der Waals surface area contributed by atoms with Crippen LogP contribution in [0.5, 0.6) is 0 Å². The van der Waals surface area contributed by atoms with E-state index in [2.05, 4.69) is 203 Å². The lowest BCUT2D eigenvalue weighted by Gasteiger charge is -2.11. The van der Waals surface area contributed by atoms with Gasteiger partial charge in [0.05, 0.1) is 22.1 Å². The van der Waals surface area contributed by atoms with Gasteiger partial charge in [0.1, 0.15) is 0 Å². The Morgan fingerprint density at radius 3 is 0.904 bits per heavy atom. The lowest BCUT2D eigenvalue weighted by molar-refractivity contribution is 1.17. The van der Waals surface area contributed by atoms with Gasteiger partial charge in [-0.15, -0.1) is 0 Å². The van der Waals surface area contributed by atoms with Crippen LogP contribution < -0.4 is 0 Å². The zero-order valence-corrected chi connectivity index (χ0v) is 29.4. The van der Waals surface area contributed by atoms with E-state index in [0.717, 1.165) is 11.4 Å². The quantitative estimate of drug-likeness (QED) is 0.173. The standard InChI is InChI=1S/C48H32N2.C2H6/c1-3-11-33(12-4-1)35-19-21-36(22-20-35)38-25-29-40(30-26-38)50-44-18-10-8-16-42(44)48-46(50)32-31-45-47(48)41-15-7-9-17-43(41)49(45)39-27-23-37(24-28-39)34-13-5-2-6-14-34;1-2/h1-32H;1-2H3. The lowest BCUT2D eigenvalue weighted by atomic mass is 10.0. The average Bonchev–Trinajstić information content (AvgIpc) is 3.75. The molecule has 0 amide bonds. The first-order chi connectivity index (χ1) is 25.8. The van der Waals surface area contributed by atoms with E-state index >= 15 is 0 Å². The van der Waals surface area contributed by atoms with Crippen LogP contribution in [0.2, 0.25) is 0 Å². The number of hydrogen-bond acceptors (Lipinski definition) is 0. The zero-order valence-electron chi connectivity index (χ0n) is 29.4. The van der Waals surface area contributed by atoms with Gasteiger partial charge in [-0.25, -0.2) is 0 Å². The topological polar surface area (TPSA) is 9.86 Å². The highest BCUT2D eigenvalue weighted by Gasteiger charge is 2.20. The number of hydrogen-bond donors (Lipinski definition) is 0. The summed E-state index contributed by atoms with van der Waals surface area (Å²) < 4.78 is 4.84. The van der Waals surface area contributed by atoms with Crippen LogP contribution in [0.15, 0.2) is 194 Å². The highest BCUT2D eigenvalue weighted by molar-refractivity contribution is 6.28. The highest BCUT2D eigenvalue weighted by atomic mass is 15.0. The molecular formula is C50H38N2. The molecule has 0 saturated carbocycles. The van der Waals surface area contributed by atoms with E-state index in [9.17, 15) is 0 Å². The SMILES string of the molecule is CC.c1ccc(-c2ccc(-c3ccc(-n4c5ccccc5c5c6c7ccccc7n(-c7ccc(-c8ccccc8)cc7)c6ccc54)cc3)cc2)cc1. The second kappa shape index (κ2) is 13.2. The fourth-order valence-electron chi connectivity index (χ4n) is 7.80. The molecule has 0 N–H and O–H groups in total. The van der Waals surface area contributed by atoms with Crippen LogP contribution in [0.25, 0.3) is 88.4 Å². The van der Waals surface area contributed by atoms with Crippen molar-refractivity contribution < 1.29 is 0 Å². The molecule has 0 spiro atoms. The minimum atomic E-state index is 1.15. The third-order valence-electron chi connectivity index (χ3n) is 10.2. The summed E-state index contributed by atoms with van der Waals surface area (Å²) in [5.41, 5.74) is 14.5. The normalized spacial score (nSPS) is 11.3. The lowest BCUT2D eigenvalue weighted by Crippen LogP contribution is -1.95. The van der Waals surface area contributed by atoms with Crippen molar-refractivity contribution in [2.24, 2.45) is 0 Å². The van der Waals surface area contributed by atoms with E-state index in [1.165, 1.54) is 77.0 Å². The van der Waals surface area contributed by atoms with Crippen LogP contribution in [-0.4, -0.2) is 9.13 Å². The molecule has 2 heteroatoms. The monoisotopic (exact) mass is 666 g/mol. The molecule has 10 rings (SSSR count). The summed E-state index contributed by atoms with van der Waals surface area (Å²) >= 11 is 0. The fourth-order valence-corrected chi connectivity index (χ4v) is 7.80. The maximum Gasteiger partial charge on any atom is 0.0548 e. The number of nitrogens with zero attached hydrogens (tertiary/aromatic N) is 2. The number of para-hydroxylation sites is 2. The van der Waals surface area contributed by atoms with Gasteiger partial charge in [-0.2, -0.15) is 0 Å². The van der Waals surface area contributed by atoms with Crippen molar-refractivity contribution in [3.63, 3.8) is 0 Å². The summed E-state index contributed by atoms with van der Waals surface area (Å²) in [6.07, 6.45) is 0. The molecule has 8 aromatic carbocycles. The van der Waals surface area contributed by atoms with E-state index in [0.29, 0.717) is 0 Å². The number of rotatable bonds is 5. The smallest absolute Gasteiger partial charge is 0.0548 e. The van der Waals surface area contributed by atoms with Gasteiger partial charge in [0.15, 0.2) is 0 Å². The Labute approximate surface area is 304 Å². The van der Waals surface area contributed by atoms with Crippen molar-refractivity contribution in [2.45, 2.75) is 13.8 Å². The van der Waals surface area contributed by atoms with Crippen molar-refractivity contribution in [1.29, 1.82) is 0 Å². The van der Waals surface area contributed by atoms with Crippen LogP contribution in [0.4, 0.5) is 0 Å². The highest BCUT2D eigenvalue weighted by Crippen LogP contribution is 2.42. The molecular weight excluding hydrogens is 629 g/mol. The molecule has 2 nitrogen and oxygen atoms in total. The molecule has 2 aromatic heterocycles. The van der Waals surface area contributed by atoms with Crippen LogP contribution in [-0.2, 0) is 0 Å². The number of aromatic nitrogens is 2. The average molecular weight is 667 g/mol. The van der Waals surface area contributed by atoms with Crippen molar-refractivity contribution in [3.05, 3.63) is 194 Å². The molecule has 52 heavy (non-hydrogen) atoms. The van der Waals surface area contributed by atoms with Gasteiger partial charge in [0.25, 0.3) is 0 Å². The van der Waals surface area contributed by atoms with Gasteiger partial charge in [-0.3, -0.25) is 0 Å². The van der Waals surface area contributed by atoms with Gasteiger partial charge in [-0.1, -0.05) is 159 Å². The number of benzene rings is 8. The Morgan fingerprint density at radius 2 is 0.538 bits per heavy atom. The summed E-state index contributed by atoms with van der Waals surface area (Å²) in [4.78, 5) is 0. The number of fused-ring (bicyclic) bond motifs is 7. The first kappa shape index (κ1) is 31.3. The molecule has 0 aliphatic heterocycles. The Hall–Kier alpha value is -6.64. The van der Waals surface area contributed by atoms with Crippen molar-refractivity contribution >= 4 is 43.6 Å². The summed E-state index contributed by atoms with van der Waals surface area (Å²) in [6.45, 7) is 4.00. The van der Waals surface area contributed by atoms with Gasteiger partial charge in [-0.05, 0) is 81.9 Å². The van der Waals surface area contributed by atoms with Gasteiger partial charge < -0.3 is 9.13 Å². The molecule has 248 valence electrons. The van der Waals surface area contributed by atoms with Crippen LogP contribution in [0.1, 0.15) is 13.8 Å². The maximum absolute atomic E-state index is 2.42. The molecule has 0 aliphatic rings. The van der Waals surface area contributed by atoms with Crippen LogP contribution >= 0.6 is 0 Å². The molecule has 0 unspecified atom stereocenters. The van der Waals surface area contributed by atoms with Crippen LogP contribution in [0.3, 0.4) is 0 Å². The summed E-state index contributed by atoms with van der Waals surface area (Å²) in [7, 11) is 0. The Balaban J connectivity index is 0.00000177. The third kappa shape index (κ3) is 5.20. The summed E-state index contributed by atoms with van der Waals surface area (Å²) in [5, 5.41) is 5.10. The third-order valence-corrected chi connectivity index (χ3v) is 10.2. The first-order valence-electron chi connectivity index (χ1n) is 18.2. The van der Waals surface area contributed by atoms with Gasteiger partial charge in [0.2, 0.25) is 0 Å². The maximum atomic E-state index is 2.42. The van der Waals surface area contributed by atoms with E-state index < -0.39 is 0 Å². The zero-order chi connectivity index (χ0) is 35.0. The molecule has 0 saturated heterocycles. The minimum absolute atomic E-state index is 1.15. The van der Waals surface area contributed by atoms with Crippen molar-refractivity contribution in [2.75, 3.05) is 0 Å². The Morgan fingerprint density at radius 1 is 0.250 bits per heavy atom. The first-order valence-corrected chi connectivity index (χ1v) is 18.2. The van der Waals surface area contributed by atoms with E-state index in [1.807, 2.05) is 13.8 Å². The summed E-state index contributed by atoms with van der Waals surface area (Å²) in [6, 6.07) is 70.2. The summed E-state index contributed by atoms with van der Waals surface area (Å²) in [5.74, 6) is 0. The fraction of sp³-hybridized carbons (Fsp3) is 0.0400. The van der Waals surface area contributed by atoms with Gasteiger partial charge in [0, 0.05) is 32.9 Å². The van der Waals surface area contributed by atoms with E-state index in [4.69, 9.17) is 0 Å². The van der Waals surface area contributed by atoms with Gasteiger partial charge >= 0.3 is 0 Å². The molecule has 0 bridgehead atoms. The van der Waals surface area contributed by atoms with Crippen molar-refractivity contribution in [1.82, 2.24) is 9.13 Å². The predicted molar refractivity (Wildman–Crippen MR) is 223 cm³/mol. The molecule has 2 heterocycles. The largest absolute Gasteiger partial charge is 0.309 e. The van der Waals surface area contributed by atoms with E-state index in [-0.39, 0.29) is 0 Å². The molecule has 0 fully saturated rings. The molecule has 0 aliphatic carbocycles. The Bertz CT molecular complexity index is 2800. The van der Waals surface area contributed by atoms with E-state index in [1.54, 1.807) is 0 Å². The minimum Gasteiger partial charge on any atom is -0.309 e. The predicted octanol–water partition coefficient (Wildman–Crippen LogP) is 13.9.